The molecule has 0 aliphatic rings. The number of rotatable bonds is 2. The number of aryl methyl sites for hydroxylation is 1. The van der Waals surface area contributed by atoms with Gasteiger partial charge in [0.1, 0.15) is 10.7 Å². The summed E-state index contributed by atoms with van der Waals surface area (Å²) in [5.74, 6) is -1.10. The Morgan fingerprint density at radius 2 is 2.12 bits per heavy atom. The first-order chi connectivity index (χ1) is 7.29. The fourth-order valence-electron chi connectivity index (χ4n) is 1.05. The molecule has 1 aromatic rings. The van der Waals surface area contributed by atoms with Gasteiger partial charge in [0.15, 0.2) is 5.69 Å². The van der Waals surface area contributed by atoms with E-state index in [2.05, 4.69) is 9.94 Å². The van der Waals surface area contributed by atoms with Crippen LogP contribution in [0.1, 0.15) is 16.1 Å². The first-order valence-corrected chi connectivity index (χ1v) is 4.29. The van der Waals surface area contributed by atoms with Crippen LogP contribution in [0.3, 0.4) is 0 Å². The number of aromatic nitrogens is 2. The van der Waals surface area contributed by atoms with E-state index in [1.807, 2.05) is 0 Å². The molecule has 0 unspecified atom stereocenters. The lowest BCUT2D eigenvalue weighted by molar-refractivity contribution is -0.141. The molecule has 0 aromatic carbocycles. The third-order valence-electron chi connectivity index (χ3n) is 1.67. The number of carbonyl (C=O) groups is 1. The van der Waals surface area contributed by atoms with Gasteiger partial charge < -0.3 is 0 Å². The normalized spacial score (nSPS) is 11.6. The van der Waals surface area contributed by atoms with Crippen molar-refractivity contribution < 1.29 is 22.8 Å². The zero-order valence-corrected chi connectivity index (χ0v) is 8.98. The molecule has 16 heavy (non-hydrogen) atoms. The maximum Gasteiger partial charge on any atom is 0.436 e. The Labute approximate surface area is 93.1 Å². The van der Waals surface area contributed by atoms with Gasteiger partial charge in [0.05, 0.1) is 7.11 Å². The number of halogens is 4. The maximum absolute atomic E-state index is 12.5. The Kier molecular flexibility index (Phi) is 3.44. The van der Waals surface area contributed by atoms with Crippen molar-refractivity contribution in [3.05, 3.63) is 16.4 Å². The summed E-state index contributed by atoms with van der Waals surface area (Å²) in [6.45, 7) is 0. The zero-order valence-electron chi connectivity index (χ0n) is 8.22. The Morgan fingerprint density at radius 3 is 2.56 bits per heavy atom. The second-order valence-corrected chi connectivity index (χ2v) is 3.13. The van der Waals surface area contributed by atoms with Crippen LogP contribution in [0.5, 0.6) is 0 Å². The van der Waals surface area contributed by atoms with Gasteiger partial charge in [-0.05, 0) is 0 Å². The lowest BCUT2D eigenvalue weighted by Crippen LogP contribution is -2.24. The molecule has 5 nitrogen and oxygen atoms in total. The summed E-state index contributed by atoms with van der Waals surface area (Å²) in [7, 11) is 2.29. The van der Waals surface area contributed by atoms with Crippen LogP contribution >= 0.6 is 11.6 Å². The van der Waals surface area contributed by atoms with Crippen molar-refractivity contribution in [3.8, 4) is 0 Å². The predicted octanol–water partition coefficient (Wildman–Crippen LogP) is 1.38. The highest BCUT2D eigenvalue weighted by molar-refractivity contribution is 6.33. The molecule has 0 bridgehead atoms. The van der Waals surface area contributed by atoms with Gasteiger partial charge in [0, 0.05) is 7.05 Å². The van der Waals surface area contributed by atoms with Crippen molar-refractivity contribution in [2.75, 3.05) is 7.11 Å². The van der Waals surface area contributed by atoms with Gasteiger partial charge in [-0.1, -0.05) is 11.6 Å². The molecule has 1 heterocycles. The van der Waals surface area contributed by atoms with E-state index in [-0.39, 0.29) is 0 Å². The molecule has 0 saturated heterocycles. The van der Waals surface area contributed by atoms with Gasteiger partial charge in [-0.15, -0.1) is 0 Å². The van der Waals surface area contributed by atoms with E-state index in [9.17, 15) is 18.0 Å². The van der Waals surface area contributed by atoms with Crippen LogP contribution in [0.2, 0.25) is 5.15 Å². The predicted molar refractivity (Wildman–Crippen MR) is 47.7 cm³/mol. The standard InChI is InChI=1S/C7H7ClF3N3O2/c1-14-5(8)3(6(15)13-16-2)4(12-14)7(9,10)11/h1-2H3,(H,13,15). The highest BCUT2D eigenvalue weighted by atomic mass is 35.5. The molecule has 0 aliphatic heterocycles. The van der Waals surface area contributed by atoms with Crippen LogP contribution in [-0.4, -0.2) is 22.8 Å². The zero-order chi connectivity index (χ0) is 12.5. The summed E-state index contributed by atoms with van der Waals surface area (Å²) in [6, 6.07) is 0. The van der Waals surface area contributed by atoms with E-state index in [1.165, 1.54) is 7.05 Å². The van der Waals surface area contributed by atoms with Crippen molar-refractivity contribution in [2.24, 2.45) is 7.05 Å². The Balaban J connectivity index is 3.30. The number of alkyl halides is 3. The molecule has 0 aliphatic carbocycles. The molecule has 9 heteroatoms. The van der Waals surface area contributed by atoms with Crippen molar-refractivity contribution >= 4 is 17.5 Å². The number of hydroxylamine groups is 1. The van der Waals surface area contributed by atoms with Gasteiger partial charge in [-0.25, -0.2) is 5.48 Å². The summed E-state index contributed by atoms with van der Waals surface area (Å²) < 4.78 is 38.2. The molecule has 0 radical (unpaired) electrons. The molecule has 1 N–H and O–H groups in total. The molecule has 1 aromatic heterocycles. The van der Waals surface area contributed by atoms with E-state index in [4.69, 9.17) is 11.6 Å². The van der Waals surface area contributed by atoms with E-state index in [0.29, 0.717) is 0 Å². The number of carbonyl (C=O) groups excluding carboxylic acids is 1. The van der Waals surface area contributed by atoms with Crippen LogP contribution in [0.4, 0.5) is 13.2 Å². The smallest absolute Gasteiger partial charge is 0.277 e. The summed E-state index contributed by atoms with van der Waals surface area (Å²) in [5, 5.41) is 2.71. The molecule has 0 fully saturated rings. The molecule has 1 rings (SSSR count). The summed E-state index contributed by atoms with van der Waals surface area (Å²) in [5.41, 5.74) is -0.366. The monoisotopic (exact) mass is 257 g/mol. The number of amides is 1. The quantitative estimate of drug-likeness (QED) is 0.815. The fourth-order valence-corrected chi connectivity index (χ4v) is 1.26. The van der Waals surface area contributed by atoms with E-state index >= 15 is 0 Å². The second kappa shape index (κ2) is 4.30. The van der Waals surface area contributed by atoms with Crippen LogP contribution in [-0.2, 0) is 18.1 Å². The molecule has 0 saturated carbocycles. The Morgan fingerprint density at radius 1 is 1.56 bits per heavy atom. The minimum absolute atomic E-state index is 0.415. The van der Waals surface area contributed by atoms with Crippen LogP contribution in [0, 0.1) is 0 Å². The van der Waals surface area contributed by atoms with Crippen molar-refractivity contribution in [3.63, 3.8) is 0 Å². The van der Waals surface area contributed by atoms with Gasteiger partial charge >= 0.3 is 6.18 Å². The average molecular weight is 258 g/mol. The maximum atomic E-state index is 12.5. The topological polar surface area (TPSA) is 56.1 Å². The Hall–Kier alpha value is -1.28. The molecule has 1 amide bonds. The first-order valence-electron chi connectivity index (χ1n) is 3.92. The minimum Gasteiger partial charge on any atom is -0.277 e. The van der Waals surface area contributed by atoms with E-state index in [0.717, 1.165) is 11.8 Å². The number of nitrogens with one attached hydrogen (secondary N) is 1. The highest BCUT2D eigenvalue weighted by Gasteiger charge is 2.41. The molecule has 90 valence electrons. The first kappa shape index (κ1) is 12.8. The number of nitrogens with zero attached hydrogens (tertiary/aromatic N) is 2. The van der Waals surface area contributed by atoms with Gasteiger partial charge in [0.25, 0.3) is 5.91 Å². The lowest BCUT2D eigenvalue weighted by atomic mass is 10.2. The molecule has 0 atom stereocenters. The van der Waals surface area contributed by atoms with E-state index < -0.39 is 28.5 Å². The van der Waals surface area contributed by atoms with Crippen molar-refractivity contribution in [1.29, 1.82) is 0 Å². The number of hydrogen-bond donors (Lipinski definition) is 1. The van der Waals surface area contributed by atoms with Crippen molar-refractivity contribution in [2.45, 2.75) is 6.18 Å². The third kappa shape index (κ3) is 2.27. The Bertz CT molecular complexity index is 416. The largest absolute Gasteiger partial charge is 0.436 e. The average Bonchev–Trinajstić information content (AvgIpc) is 2.43. The summed E-state index contributed by atoms with van der Waals surface area (Å²) >= 11 is 5.53. The fraction of sp³-hybridized carbons (Fsp3) is 0.429. The summed E-state index contributed by atoms with van der Waals surface area (Å²) in [6.07, 6.45) is -4.76. The van der Waals surface area contributed by atoms with Gasteiger partial charge in [-0.3, -0.25) is 14.3 Å². The second-order valence-electron chi connectivity index (χ2n) is 2.77. The lowest BCUT2D eigenvalue weighted by Gasteiger charge is -2.05. The van der Waals surface area contributed by atoms with Crippen molar-refractivity contribution in [1.82, 2.24) is 15.3 Å². The number of hydrogen-bond acceptors (Lipinski definition) is 3. The molecular weight excluding hydrogens is 251 g/mol. The summed E-state index contributed by atoms with van der Waals surface area (Å²) in [4.78, 5) is 15.5. The molecular formula is C7H7ClF3N3O2. The van der Waals surface area contributed by atoms with E-state index in [1.54, 1.807) is 5.48 Å². The van der Waals surface area contributed by atoms with Gasteiger partial charge in [-0.2, -0.15) is 18.3 Å². The SMILES string of the molecule is CONC(=O)c1c(C(F)(F)F)nn(C)c1Cl. The highest BCUT2D eigenvalue weighted by Crippen LogP contribution is 2.33. The van der Waals surface area contributed by atoms with Crippen LogP contribution in [0.15, 0.2) is 0 Å². The molecule has 0 spiro atoms. The van der Waals surface area contributed by atoms with Crippen LogP contribution < -0.4 is 5.48 Å². The third-order valence-corrected chi connectivity index (χ3v) is 2.10. The van der Waals surface area contributed by atoms with Crippen LogP contribution in [0.25, 0.3) is 0 Å². The minimum atomic E-state index is -4.76. The van der Waals surface area contributed by atoms with Gasteiger partial charge in [0.2, 0.25) is 0 Å².